The first-order chi connectivity index (χ1) is 21.1. The van der Waals surface area contributed by atoms with Crippen molar-refractivity contribution in [1.29, 1.82) is 0 Å². The normalized spacial score (nSPS) is 11.8. The molecule has 0 heterocycles. The third-order valence-electron chi connectivity index (χ3n) is 6.92. The van der Waals surface area contributed by atoms with E-state index in [-0.39, 0.29) is 34.5 Å². The molecule has 0 bridgehead atoms. The van der Waals surface area contributed by atoms with Crippen molar-refractivity contribution in [2.45, 2.75) is 30.8 Å². The highest BCUT2D eigenvalue weighted by atomic mass is 79.9. The van der Waals surface area contributed by atoms with Gasteiger partial charge in [0, 0.05) is 24.0 Å². The summed E-state index contributed by atoms with van der Waals surface area (Å²) in [6.07, 6.45) is 0.231. The van der Waals surface area contributed by atoms with Gasteiger partial charge in [-0.05, 0) is 60.5 Å². The van der Waals surface area contributed by atoms with Gasteiger partial charge in [-0.15, -0.1) is 0 Å². The number of amides is 2. The fourth-order valence-corrected chi connectivity index (χ4v) is 6.63. The van der Waals surface area contributed by atoms with Gasteiger partial charge in [-0.3, -0.25) is 13.9 Å². The van der Waals surface area contributed by atoms with Crippen molar-refractivity contribution >= 4 is 55.1 Å². The fourth-order valence-electron chi connectivity index (χ4n) is 4.69. The molecule has 44 heavy (non-hydrogen) atoms. The lowest BCUT2D eigenvalue weighted by Gasteiger charge is -2.34. The summed E-state index contributed by atoms with van der Waals surface area (Å²) in [5.74, 6) is -0.548. The van der Waals surface area contributed by atoms with E-state index in [1.54, 1.807) is 31.2 Å². The van der Waals surface area contributed by atoms with Gasteiger partial charge in [0.25, 0.3) is 10.0 Å². The summed E-state index contributed by atoms with van der Waals surface area (Å²) in [6.45, 7) is 1.66. The van der Waals surface area contributed by atoms with Crippen LogP contribution >= 0.6 is 27.5 Å². The summed E-state index contributed by atoms with van der Waals surface area (Å²) in [5.41, 5.74) is 1.80. The topological polar surface area (TPSA) is 96.0 Å². The molecule has 0 fully saturated rings. The van der Waals surface area contributed by atoms with Gasteiger partial charge >= 0.3 is 0 Å². The first kappa shape index (κ1) is 33.0. The Labute approximate surface area is 271 Å². The minimum Gasteiger partial charge on any atom is -0.495 e. The third kappa shape index (κ3) is 8.19. The minimum absolute atomic E-state index is 0.00348. The number of sulfonamides is 1. The molecule has 0 aliphatic carbocycles. The Morgan fingerprint density at radius 2 is 1.55 bits per heavy atom. The first-order valence-corrected chi connectivity index (χ1v) is 16.5. The van der Waals surface area contributed by atoms with Crippen LogP contribution in [0.15, 0.2) is 112 Å². The molecule has 4 aromatic rings. The maximum Gasteiger partial charge on any atom is 0.264 e. The zero-order valence-corrected chi connectivity index (χ0v) is 27.5. The molecule has 0 saturated carbocycles. The lowest BCUT2D eigenvalue weighted by molar-refractivity contribution is -0.140. The van der Waals surface area contributed by atoms with E-state index in [0.29, 0.717) is 12.3 Å². The summed E-state index contributed by atoms with van der Waals surface area (Å²) < 4.78 is 35.2. The molecule has 2 amide bonds. The molecule has 230 valence electrons. The average molecular weight is 699 g/mol. The van der Waals surface area contributed by atoms with Crippen LogP contribution in [0.5, 0.6) is 5.75 Å². The maximum atomic E-state index is 14.4. The largest absolute Gasteiger partial charge is 0.495 e. The van der Waals surface area contributed by atoms with Crippen LogP contribution < -0.4 is 14.4 Å². The van der Waals surface area contributed by atoms with Crippen molar-refractivity contribution in [3.63, 3.8) is 0 Å². The zero-order valence-electron chi connectivity index (χ0n) is 24.3. The molecule has 0 radical (unpaired) electrons. The van der Waals surface area contributed by atoms with Crippen LogP contribution in [-0.2, 0) is 32.6 Å². The lowest BCUT2D eigenvalue weighted by atomic mass is 10.0. The maximum absolute atomic E-state index is 14.4. The second-order valence-electron chi connectivity index (χ2n) is 9.89. The number of hydrogen-bond donors (Lipinski definition) is 1. The van der Waals surface area contributed by atoms with Crippen molar-refractivity contribution in [2.24, 2.45) is 0 Å². The van der Waals surface area contributed by atoms with Gasteiger partial charge in [0.05, 0.1) is 22.7 Å². The molecular formula is C33H33BrClN3O5S. The Bertz CT molecular complexity index is 1670. The average Bonchev–Trinajstić information content (AvgIpc) is 3.03. The monoisotopic (exact) mass is 697 g/mol. The molecule has 4 aromatic carbocycles. The smallest absolute Gasteiger partial charge is 0.264 e. The van der Waals surface area contributed by atoms with Crippen LogP contribution in [0.2, 0.25) is 5.02 Å². The molecular weight excluding hydrogens is 666 g/mol. The molecule has 0 aromatic heterocycles. The molecule has 0 saturated heterocycles. The summed E-state index contributed by atoms with van der Waals surface area (Å²) in [4.78, 5) is 29.4. The van der Waals surface area contributed by atoms with E-state index in [2.05, 4.69) is 21.2 Å². The highest BCUT2D eigenvalue weighted by Gasteiger charge is 2.34. The van der Waals surface area contributed by atoms with Crippen LogP contribution in [0.4, 0.5) is 5.69 Å². The molecule has 8 nitrogen and oxygen atoms in total. The number of rotatable bonds is 13. The predicted octanol–water partition coefficient (Wildman–Crippen LogP) is 6.08. The van der Waals surface area contributed by atoms with E-state index < -0.39 is 28.5 Å². The van der Waals surface area contributed by atoms with Crippen molar-refractivity contribution in [1.82, 2.24) is 10.2 Å². The highest BCUT2D eigenvalue weighted by molar-refractivity contribution is 9.10. The standard InChI is InChI=1S/C33H33BrClN3O5S/c1-3-36-33(40)30(20-24-10-6-4-7-11-24)37(22-25-14-16-26(34)17-15-25)32(39)23-38(27-18-19-31(43-2)29(35)21-27)44(41,42)28-12-8-5-9-13-28/h4-19,21,30H,3,20,22-23H2,1-2H3,(H,36,40)/t30-/m1/s1. The van der Waals surface area contributed by atoms with Crippen molar-refractivity contribution in [3.8, 4) is 5.75 Å². The quantitative estimate of drug-likeness (QED) is 0.183. The minimum atomic E-state index is -4.23. The van der Waals surface area contributed by atoms with Crippen molar-refractivity contribution in [3.05, 3.63) is 124 Å². The van der Waals surface area contributed by atoms with Gasteiger partial charge in [0.15, 0.2) is 0 Å². The Morgan fingerprint density at radius 1 is 0.909 bits per heavy atom. The van der Waals surface area contributed by atoms with Crippen LogP contribution in [0.1, 0.15) is 18.1 Å². The number of nitrogens with one attached hydrogen (secondary N) is 1. The van der Waals surface area contributed by atoms with E-state index in [0.717, 1.165) is 19.9 Å². The first-order valence-electron chi connectivity index (χ1n) is 13.9. The SMILES string of the molecule is CCNC(=O)[C@@H](Cc1ccccc1)N(Cc1ccc(Br)cc1)C(=O)CN(c1ccc(OC)c(Cl)c1)S(=O)(=O)c1ccccc1. The summed E-state index contributed by atoms with van der Waals surface area (Å²) >= 11 is 9.85. The number of ether oxygens (including phenoxy) is 1. The zero-order chi connectivity index (χ0) is 31.7. The van der Waals surface area contributed by atoms with Crippen LogP contribution in [0.3, 0.4) is 0 Å². The molecule has 0 spiro atoms. The Morgan fingerprint density at radius 3 is 2.14 bits per heavy atom. The van der Waals surface area contributed by atoms with E-state index >= 15 is 0 Å². The summed E-state index contributed by atoms with van der Waals surface area (Å²) in [7, 11) is -2.78. The number of anilines is 1. The Balaban J connectivity index is 1.80. The Kier molecular flexibility index (Phi) is 11.4. The molecule has 0 unspecified atom stereocenters. The van der Waals surface area contributed by atoms with Crippen LogP contribution in [-0.4, -0.2) is 51.4 Å². The predicted molar refractivity (Wildman–Crippen MR) is 176 cm³/mol. The highest BCUT2D eigenvalue weighted by Crippen LogP contribution is 2.32. The van der Waals surface area contributed by atoms with E-state index in [9.17, 15) is 18.0 Å². The molecule has 0 aliphatic heterocycles. The summed E-state index contributed by atoms with van der Waals surface area (Å²) in [5, 5.41) is 3.04. The van der Waals surface area contributed by atoms with Gasteiger partial charge < -0.3 is 15.0 Å². The van der Waals surface area contributed by atoms with Crippen molar-refractivity contribution < 1.29 is 22.7 Å². The number of carbonyl (C=O) groups is 2. The molecule has 4 rings (SSSR count). The van der Waals surface area contributed by atoms with Gasteiger partial charge in [-0.1, -0.05) is 88.2 Å². The van der Waals surface area contributed by atoms with Gasteiger partial charge in [0.2, 0.25) is 11.8 Å². The molecule has 11 heteroatoms. The molecule has 1 atom stereocenters. The number of carbonyl (C=O) groups excluding carboxylic acids is 2. The second kappa shape index (κ2) is 15.2. The number of hydrogen-bond acceptors (Lipinski definition) is 5. The number of nitrogens with zero attached hydrogens (tertiary/aromatic N) is 2. The van der Waals surface area contributed by atoms with E-state index in [1.807, 2.05) is 54.6 Å². The Hall–Kier alpha value is -3.86. The molecule has 0 aliphatic rings. The van der Waals surface area contributed by atoms with Crippen LogP contribution in [0, 0.1) is 0 Å². The van der Waals surface area contributed by atoms with E-state index in [1.165, 1.54) is 36.3 Å². The second-order valence-corrected chi connectivity index (χ2v) is 13.1. The van der Waals surface area contributed by atoms with Gasteiger partial charge in [-0.25, -0.2) is 8.42 Å². The molecule has 1 N–H and O–H groups in total. The van der Waals surface area contributed by atoms with Crippen molar-refractivity contribution in [2.75, 3.05) is 24.5 Å². The van der Waals surface area contributed by atoms with Gasteiger partial charge in [0.1, 0.15) is 18.3 Å². The number of likely N-dealkylation sites (N-methyl/N-ethyl adjacent to an activating group) is 1. The van der Waals surface area contributed by atoms with Gasteiger partial charge in [-0.2, -0.15) is 0 Å². The lowest BCUT2D eigenvalue weighted by Crippen LogP contribution is -2.53. The van der Waals surface area contributed by atoms with Crippen LogP contribution in [0.25, 0.3) is 0 Å². The number of halogens is 2. The fraction of sp³-hybridized carbons (Fsp3) is 0.212. The summed E-state index contributed by atoms with van der Waals surface area (Å²) in [6, 6.07) is 28.2. The number of methoxy groups -OCH3 is 1. The third-order valence-corrected chi connectivity index (χ3v) is 9.53. The van der Waals surface area contributed by atoms with E-state index in [4.69, 9.17) is 16.3 Å². The number of benzene rings is 4.